The minimum atomic E-state index is 0.308. The van der Waals surface area contributed by atoms with Gasteiger partial charge < -0.3 is 5.11 Å². The molecule has 0 aliphatic heterocycles. The molecule has 0 saturated carbocycles. The Morgan fingerprint density at radius 1 is 1.31 bits per heavy atom. The average Bonchev–Trinajstić information content (AvgIpc) is 2.67. The van der Waals surface area contributed by atoms with E-state index in [1.807, 2.05) is 29.9 Å². The minimum absolute atomic E-state index is 0.308. The average molecular weight is 216 g/mol. The number of aromatic nitrogens is 2. The van der Waals surface area contributed by atoms with E-state index in [1.165, 1.54) is 0 Å². The lowest BCUT2D eigenvalue weighted by Crippen LogP contribution is -2.01. The van der Waals surface area contributed by atoms with Gasteiger partial charge >= 0.3 is 0 Å². The molecule has 0 amide bonds. The number of aryl methyl sites for hydroxylation is 2. The summed E-state index contributed by atoms with van der Waals surface area (Å²) in [6, 6.07) is 7.44. The zero-order chi connectivity index (χ0) is 11.5. The lowest BCUT2D eigenvalue weighted by atomic mass is 10.1. The second-order valence-electron chi connectivity index (χ2n) is 3.94. The van der Waals surface area contributed by atoms with Crippen molar-refractivity contribution < 1.29 is 5.11 Å². The predicted molar refractivity (Wildman–Crippen MR) is 64.4 cm³/mol. The number of benzene rings is 1. The quantitative estimate of drug-likeness (QED) is 0.856. The van der Waals surface area contributed by atoms with E-state index in [0.29, 0.717) is 5.75 Å². The van der Waals surface area contributed by atoms with Crippen molar-refractivity contribution in [1.29, 1.82) is 0 Å². The Morgan fingerprint density at radius 3 is 2.81 bits per heavy atom. The summed E-state index contributed by atoms with van der Waals surface area (Å²) in [5.41, 5.74) is 3.31. The summed E-state index contributed by atoms with van der Waals surface area (Å²) < 4.78 is 2.00. The molecule has 0 spiro atoms. The molecule has 3 nitrogen and oxygen atoms in total. The van der Waals surface area contributed by atoms with Gasteiger partial charge in [-0.15, -0.1) is 0 Å². The van der Waals surface area contributed by atoms with Crippen molar-refractivity contribution in [2.45, 2.75) is 26.8 Å². The second kappa shape index (κ2) is 4.39. The maximum absolute atomic E-state index is 9.39. The molecule has 1 heterocycles. The van der Waals surface area contributed by atoms with E-state index in [2.05, 4.69) is 12.0 Å². The topological polar surface area (TPSA) is 38.0 Å². The van der Waals surface area contributed by atoms with E-state index in [-0.39, 0.29) is 0 Å². The van der Waals surface area contributed by atoms with Gasteiger partial charge in [-0.2, -0.15) is 5.10 Å². The summed E-state index contributed by atoms with van der Waals surface area (Å²) in [5, 5.41) is 13.7. The highest BCUT2D eigenvalue weighted by molar-refractivity contribution is 5.64. The first-order valence-electron chi connectivity index (χ1n) is 5.54. The first kappa shape index (κ1) is 10.7. The number of nitrogens with zero attached hydrogens (tertiary/aromatic N) is 2. The normalized spacial score (nSPS) is 10.6. The summed E-state index contributed by atoms with van der Waals surface area (Å²) in [5.74, 6) is 0.308. The lowest BCUT2D eigenvalue weighted by molar-refractivity contribution is 0.475. The van der Waals surface area contributed by atoms with Crippen LogP contribution < -0.4 is 0 Å². The van der Waals surface area contributed by atoms with Gasteiger partial charge in [0.05, 0.1) is 5.69 Å². The summed E-state index contributed by atoms with van der Waals surface area (Å²) in [4.78, 5) is 0. The number of hydrogen-bond acceptors (Lipinski definition) is 2. The highest BCUT2D eigenvalue weighted by Crippen LogP contribution is 2.26. The third-order valence-electron chi connectivity index (χ3n) is 2.64. The zero-order valence-corrected chi connectivity index (χ0v) is 9.64. The maximum Gasteiger partial charge on any atom is 0.115 e. The smallest absolute Gasteiger partial charge is 0.115 e. The van der Waals surface area contributed by atoms with E-state index >= 15 is 0 Å². The highest BCUT2D eigenvalue weighted by atomic mass is 16.3. The fourth-order valence-electron chi connectivity index (χ4n) is 1.89. The molecule has 0 fully saturated rings. The van der Waals surface area contributed by atoms with Gasteiger partial charge in [-0.1, -0.05) is 6.92 Å². The van der Waals surface area contributed by atoms with Crippen LogP contribution in [0.4, 0.5) is 0 Å². The SMILES string of the molecule is CCCn1nccc1-c1ccc(O)cc1C. The number of phenolic OH excluding ortho intramolecular Hbond substituents is 1. The Balaban J connectivity index is 2.46. The van der Waals surface area contributed by atoms with E-state index in [4.69, 9.17) is 0 Å². The summed E-state index contributed by atoms with van der Waals surface area (Å²) >= 11 is 0. The Labute approximate surface area is 95.3 Å². The largest absolute Gasteiger partial charge is 0.508 e. The van der Waals surface area contributed by atoms with Crippen LogP contribution in [0.1, 0.15) is 18.9 Å². The van der Waals surface area contributed by atoms with Crippen LogP contribution in [0.15, 0.2) is 30.5 Å². The predicted octanol–water partition coefficient (Wildman–Crippen LogP) is 2.97. The van der Waals surface area contributed by atoms with E-state index < -0.39 is 0 Å². The van der Waals surface area contributed by atoms with Gasteiger partial charge in [0.1, 0.15) is 5.75 Å². The second-order valence-corrected chi connectivity index (χ2v) is 3.94. The lowest BCUT2D eigenvalue weighted by Gasteiger charge is -2.09. The number of phenols is 1. The van der Waals surface area contributed by atoms with Crippen molar-refractivity contribution in [2.75, 3.05) is 0 Å². The molecule has 2 aromatic rings. The number of rotatable bonds is 3. The first-order valence-corrected chi connectivity index (χ1v) is 5.54. The third-order valence-corrected chi connectivity index (χ3v) is 2.64. The van der Waals surface area contributed by atoms with E-state index in [0.717, 1.165) is 29.8 Å². The van der Waals surface area contributed by atoms with Crippen LogP contribution in [0.2, 0.25) is 0 Å². The van der Waals surface area contributed by atoms with Crippen LogP contribution in [-0.4, -0.2) is 14.9 Å². The Kier molecular flexibility index (Phi) is 2.95. The molecule has 0 aliphatic carbocycles. The molecule has 1 N–H and O–H groups in total. The van der Waals surface area contributed by atoms with Gasteiger partial charge in [0, 0.05) is 18.3 Å². The molecule has 0 atom stereocenters. The summed E-state index contributed by atoms with van der Waals surface area (Å²) in [6.45, 7) is 5.05. The molecular weight excluding hydrogens is 200 g/mol. The Hall–Kier alpha value is -1.77. The first-order chi connectivity index (χ1) is 7.72. The maximum atomic E-state index is 9.39. The van der Waals surface area contributed by atoms with Gasteiger partial charge in [0.25, 0.3) is 0 Å². The monoisotopic (exact) mass is 216 g/mol. The highest BCUT2D eigenvalue weighted by Gasteiger charge is 2.07. The molecule has 1 aromatic heterocycles. The molecular formula is C13H16N2O. The van der Waals surface area contributed by atoms with Gasteiger partial charge in [-0.25, -0.2) is 0 Å². The van der Waals surface area contributed by atoms with Crippen LogP contribution in [0, 0.1) is 6.92 Å². The number of hydrogen-bond donors (Lipinski definition) is 1. The van der Waals surface area contributed by atoms with Crippen molar-refractivity contribution in [3.05, 3.63) is 36.0 Å². The molecule has 1 aromatic carbocycles. The van der Waals surface area contributed by atoms with Crippen LogP contribution in [-0.2, 0) is 6.54 Å². The molecule has 0 aliphatic rings. The third kappa shape index (κ3) is 1.94. The van der Waals surface area contributed by atoms with Gasteiger partial charge in [0.2, 0.25) is 0 Å². The van der Waals surface area contributed by atoms with Crippen LogP contribution >= 0.6 is 0 Å². The van der Waals surface area contributed by atoms with Crippen molar-refractivity contribution in [3.63, 3.8) is 0 Å². The molecule has 0 radical (unpaired) electrons. The molecule has 0 unspecified atom stereocenters. The summed E-state index contributed by atoms with van der Waals surface area (Å²) in [7, 11) is 0. The van der Waals surface area contributed by atoms with E-state index in [1.54, 1.807) is 12.1 Å². The molecule has 2 rings (SSSR count). The van der Waals surface area contributed by atoms with Crippen LogP contribution in [0.3, 0.4) is 0 Å². The van der Waals surface area contributed by atoms with Gasteiger partial charge in [-0.05, 0) is 43.2 Å². The molecule has 3 heteroatoms. The fraction of sp³-hybridized carbons (Fsp3) is 0.308. The molecule has 84 valence electrons. The van der Waals surface area contributed by atoms with Gasteiger partial charge in [0.15, 0.2) is 0 Å². The zero-order valence-electron chi connectivity index (χ0n) is 9.64. The Bertz CT molecular complexity index is 488. The van der Waals surface area contributed by atoms with Crippen LogP contribution in [0.5, 0.6) is 5.75 Å². The minimum Gasteiger partial charge on any atom is -0.508 e. The van der Waals surface area contributed by atoms with Crippen molar-refractivity contribution in [1.82, 2.24) is 9.78 Å². The molecule has 0 saturated heterocycles. The van der Waals surface area contributed by atoms with Crippen LogP contribution in [0.25, 0.3) is 11.3 Å². The molecule has 16 heavy (non-hydrogen) atoms. The Morgan fingerprint density at radius 2 is 2.12 bits per heavy atom. The van der Waals surface area contributed by atoms with Crippen molar-refractivity contribution in [2.24, 2.45) is 0 Å². The van der Waals surface area contributed by atoms with Crippen molar-refractivity contribution in [3.8, 4) is 17.0 Å². The van der Waals surface area contributed by atoms with Gasteiger partial charge in [-0.3, -0.25) is 4.68 Å². The number of aromatic hydroxyl groups is 1. The summed E-state index contributed by atoms with van der Waals surface area (Å²) in [6.07, 6.45) is 2.88. The molecule has 0 bridgehead atoms. The standard InChI is InChI=1S/C13H16N2O/c1-3-8-15-13(6-7-14-15)12-5-4-11(16)9-10(12)2/h4-7,9,16H,3,8H2,1-2H3. The van der Waals surface area contributed by atoms with Crippen molar-refractivity contribution >= 4 is 0 Å². The fourth-order valence-corrected chi connectivity index (χ4v) is 1.89. The van der Waals surface area contributed by atoms with E-state index in [9.17, 15) is 5.11 Å².